The van der Waals surface area contributed by atoms with Crippen molar-refractivity contribution in [2.45, 2.75) is 45.6 Å². The number of amides is 2. The summed E-state index contributed by atoms with van der Waals surface area (Å²) in [6.07, 6.45) is 14.5. The van der Waals surface area contributed by atoms with Crippen molar-refractivity contribution in [2.24, 2.45) is 0 Å². The smallest absolute Gasteiger partial charge is 0.268 e. The van der Waals surface area contributed by atoms with Crippen LogP contribution in [0.25, 0.3) is 11.0 Å². The molecule has 2 N–H and O–H groups in total. The monoisotopic (exact) mass is 408 g/mol. The Hall–Kier alpha value is -3.15. The number of nitrogens with one attached hydrogen (secondary N) is 2. The number of carbonyl (C=O) groups excluding carboxylic acids is 2. The zero-order valence-corrected chi connectivity index (χ0v) is 18.3. The first-order valence-corrected chi connectivity index (χ1v) is 10.3. The van der Waals surface area contributed by atoms with Gasteiger partial charge >= 0.3 is 0 Å². The lowest BCUT2D eigenvalue weighted by atomic mass is 10.0. The molecule has 160 valence electrons. The molecule has 6 nitrogen and oxygen atoms in total. The second-order valence-electron chi connectivity index (χ2n) is 7.57. The molecule has 0 aliphatic heterocycles. The first kappa shape index (κ1) is 23.1. The maximum Gasteiger partial charge on any atom is 0.268 e. The van der Waals surface area contributed by atoms with Gasteiger partial charge in [0.1, 0.15) is 11.3 Å². The van der Waals surface area contributed by atoms with E-state index in [1.165, 1.54) is 0 Å². The highest BCUT2D eigenvalue weighted by atomic mass is 16.2. The molecule has 0 unspecified atom stereocenters. The summed E-state index contributed by atoms with van der Waals surface area (Å²) in [4.78, 5) is 33.7. The molecule has 0 aromatic carbocycles. The molecule has 0 spiro atoms. The van der Waals surface area contributed by atoms with E-state index in [9.17, 15) is 9.59 Å². The van der Waals surface area contributed by atoms with E-state index in [1.54, 1.807) is 31.3 Å². The summed E-state index contributed by atoms with van der Waals surface area (Å²) in [7, 11) is 3.49. The zero-order chi connectivity index (χ0) is 21.9. The number of allylic oxidation sites excluding steroid dienone is 5. The van der Waals surface area contributed by atoms with E-state index in [0.29, 0.717) is 30.6 Å². The summed E-state index contributed by atoms with van der Waals surface area (Å²) in [5.74, 6) is -0.135. The van der Waals surface area contributed by atoms with Gasteiger partial charge in [-0.1, -0.05) is 36.0 Å². The number of nitrogens with zero attached hydrogens (tertiary/aromatic N) is 2. The van der Waals surface area contributed by atoms with Crippen molar-refractivity contribution in [3.05, 3.63) is 66.0 Å². The number of pyridine rings is 1. The summed E-state index contributed by atoms with van der Waals surface area (Å²) in [6, 6.07) is 5.41. The number of aromatic nitrogens is 2. The maximum absolute atomic E-state index is 12.8. The molecule has 6 heteroatoms. The van der Waals surface area contributed by atoms with Crippen LogP contribution in [0.15, 0.2) is 60.3 Å². The van der Waals surface area contributed by atoms with Gasteiger partial charge < -0.3 is 15.2 Å². The summed E-state index contributed by atoms with van der Waals surface area (Å²) < 4.78 is 0. The standard InChI is InChI=1S/C24H32N4O2/c1-5-6-7-8-9-11-18(2)16-20(13-14-22(29)28(3)4)26-24(30)21-17-19-12-10-15-25-23(19)27-21/h5-6,8-12,15,17,20H,7,13-14,16H2,1-4H3,(H,25,27)(H,26,30)/b6-5-,9-8?,18-11+/t20-/m1/s1. The lowest BCUT2D eigenvalue weighted by Gasteiger charge is -2.20. The van der Waals surface area contributed by atoms with Crippen LogP contribution in [-0.4, -0.2) is 46.8 Å². The van der Waals surface area contributed by atoms with Crippen molar-refractivity contribution in [2.75, 3.05) is 14.1 Å². The van der Waals surface area contributed by atoms with Gasteiger partial charge in [-0.3, -0.25) is 9.59 Å². The minimum atomic E-state index is -0.188. The minimum Gasteiger partial charge on any atom is -0.349 e. The Morgan fingerprint density at radius 3 is 2.80 bits per heavy atom. The maximum atomic E-state index is 12.8. The van der Waals surface area contributed by atoms with Crippen LogP contribution in [0.3, 0.4) is 0 Å². The van der Waals surface area contributed by atoms with Crippen molar-refractivity contribution in [3.63, 3.8) is 0 Å². The third-order valence-corrected chi connectivity index (χ3v) is 4.77. The number of aromatic amines is 1. The van der Waals surface area contributed by atoms with Crippen LogP contribution in [0.1, 0.15) is 50.0 Å². The second kappa shape index (κ2) is 11.8. The van der Waals surface area contributed by atoms with Gasteiger partial charge in [-0.15, -0.1) is 0 Å². The number of hydrogen-bond acceptors (Lipinski definition) is 3. The van der Waals surface area contributed by atoms with Gasteiger partial charge in [-0.25, -0.2) is 4.98 Å². The van der Waals surface area contributed by atoms with Gasteiger partial charge in [0.2, 0.25) is 5.91 Å². The van der Waals surface area contributed by atoms with E-state index in [0.717, 1.165) is 17.4 Å². The molecule has 2 amide bonds. The first-order valence-electron chi connectivity index (χ1n) is 10.3. The second-order valence-corrected chi connectivity index (χ2v) is 7.57. The molecule has 1 atom stereocenters. The number of H-pyrrole nitrogens is 1. The average molecular weight is 409 g/mol. The molecule has 0 aliphatic rings. The third-order valence-electron chi connectivity index (χ3n) is 4.77. The topological polar surface area (TPSA) is 78.1 Å². The minimum absolute atomic E-state index is 0.0527. The fourth-order valence-corrected chi connectivity index (χ4v) is 3.07. The lowest BCUT2D eigenvalue weighted by molar-refractivity contribution is -0.128. The largest absolute Gasteiger partial charge is 0.349 e. The molecule has 2 aromatic rings. The average Bonchev–Trinajstić information content (AvgIpc) is 3.16. The van der Waals surface area contributed by atoms with Crippen LogP contribution in [0.5, 0.6) is 0 Å². The number of hydrogen-bond donors (Lipinski definition) is 2. The molecule has 0 saturated heterocycles. The van der Waals surface area contributed by atoms with Crippen molar-refractivity contribution >= 4 is 22.8 Å². The molecule has 2 heterocycles. The molecule has 30 heavy (non-hydrogen) atoms. The third kappa shape index (κ3) is 7.35. The van der Waals surface area contributed by atoms with Crippen molar-refractivity contribution < 1.29 is 9.59 Å². The molecule has 0 radical (unpaired) electrons. The Bertz CT molecular complexity index is 905. The first-order chi connectivity index (χ1) is 14.4. The number of carbonyl (C=O) groups is 2. The van der Waals surface area contributed by atoms with E-state index in [-0.39, 0.29) is 17.9 Å². The molecule has 0 saturated carbocycles. The van der Waals surface area contributed by atoms with Crippen LogP contribution < -0.4 is 5.32 Å². The predicted molar refractivity (Wildman–Crippen MR) is 122 cm³/mol. The molecular formula is C24H32N4O2. The van der Waals surface area contributed by atoms with Gasteiger partial charge in [0.15, 0.2) is 0 Å². The fourth-order valence-electron chi connectivity index (χ4n) is 3.07. The number of fused-ring (bicyclic) bond motifs is 1. The Labute approximate surface area is 178 Å². The quantitative estimate of drug-likeness (QED) is 0.452. The molecular weight excluding hydrogens is 376 g/mol. The lowest BCUT2D eigenvalue weighted by Crippen LogP contribution is -2.36. The SMILES string of the molecule is C/C=C\CC=C/C=C(\C)C[C@@H](CCC(=O)N(C)C)NC(=O)c1cc2cccnc2[nH]1. The van der Waals surface area contributed by atoms with Crippen LogP contribution in [0, 0.1) is 0 Å². The van der Waals surface area contributed by atoms with Crippen LogP contribution >= 0.6 is 0 Å². The van der Waals surface area contributed by atoms with E-state index in [4.69, 9.17) is 0 Å². The Balaban J connectivity index is 2.07. The highest BCUT2D eigenvalue weighted by molar-refractivity contribution is 5.97. The van der Waals surface area contributed by atoms with Gasteiger partial charge in [-0.05, 0) is 51.3 Å². The Morgan fingerprint density at radius 1 is 1.30 bits per heavy atom. The number of rotatable bonds is 10. The van der Waals surface area contributed by atoms with Crippen LogP contribution in [0.2, 0.25) is 0 Å². The highest BCUT2D eigenvalue weighted by Crippen LogP contribution is 2.15. The van der Waals surface area contributed by atoms with Crippen LogP contribution in [0.4, 0.5) is 0 Å². The van der Waals surface area contributed by atoms with Crippen molar-refractivity contribution in [3.8, 4) is 0 Å². The summed E-state index contributed by atoms with van der Waals surface area (Å²) >= 11 is 0. The van der Waals surface area contributed by atoms with E-state index < -0.39 is 0 Å². The molecule has 0 aliphatic carbocycles. The summed E-state index contributed by atoms with van der Waals surface area (Å²) in [5, 5.41) is 3.98. The normalized spacial score (nSPS) is 13.3. The van der Waals surface area contributed by atoms with Gasteiger partial charge in [-0.2, -0.15) is 0 Å². The van der Waals surface area contributed by atoms with Gasteiger partial charge in [0.05, 0.1) is 0 Å². The molecule has 0 fully saturated rings. The molecule has 2 aromatic heterocycles. The highest BCUT2D eigenvalue weighted by Gasteiger charge is 2.18. The predicted octanol–water partition coefficient (Wildman–Crippen LogP) is 4.39. The Morgan fingerprint density at radius 2 is 2.10 bits per heavy atom. The molecule has 0 bridgehead atoms. The summed E-state index contributed by atoms with van der Waals surface area (Å²) in [6.45, 7) is 4.04. The van der Waals surface area contributed by atoms with Crippen LogP contribution in [-0.2, 0) is 4.79 Å². The summed E-state index contributed by atoms with van der Waals surface area (Å²) in [5.41, 5.74) is 2.30. The fraction of sp³-hybridized carbons (Fsp3) is 0.375. The van der Waals surface area contributed by atoms with E-state index >= 15 is 0 Å². The van der Waals surface area contributed by atoms with E-state index in [2.05, 4.69) is 33.5 Å². The van der Waals surface area contributed by atoms with Crippen molar-refractivity contribution in [1.29, 1.82) is 0 Å². The molecule has 2 rings (SSSR count). The zero-order valence-electron chi connectivity index (χ0n) is 18.3. The Kier molecular flexibility index (Phi) is 9.06. The van der Waals surface area contributed by atoms with Gasteiger partial charge in [0, 0.05) is 38.1 Å². The van der Waals surface area contributed by atoms with E-state index in [1.807, 2.05) is 38.1 Å². The van der Waals surface area contributed by atoms with Crippen molar-refractivity contribution in [1.82, 2.24) is 20.2 Å². The van der Waals surface area contributed by atoms with Gasteiger partial charge in [0.25, 0.3) is 5.91 Å².